The molecule has 0 radical (unpaired) electrons. The number of esters is 1. The molecule has 0 amide bonds. The highest BCUT2D eigenvalue weighted by Crippen LogP contribution is 2.40. The van der Waals surface area contributed by atoms with Crippen LogP contribution in [0.2, 0.25) is 0 Å². The number of carboxylic acid groups (broad SMARTS) is 1. The number of nitrogens with zero attached hydrogens (tertiary/aromatic N) is 4. The van der Waals surface area contributed by atoms with Crippen molar-refractivity contribution in [2.45, 2.75) is 56.4 Å². The molecule has 14 nitrogen and oxygen atoms in total. The van der Waals surface area contributed by atoms with Crippen LogP contribution in [0.25, 0.3) is 44.8 Å². The van der Waals surface area contributed by atoms with Gasteiger partial charge in [0.15, 0.2) is 0 Å². The van der Waals surface area contributed by atoms with E-state index in [1.54, 1.807) is 67.6 Å². The van der Waals surface area contributed by atoms with Gasteiger partial charge in [0, 0.05) is 34.4 Å². The topological polar surface area (TPSA) is 238 Å². The van der Waals surface area contributed by atoms with Gasteiger partial charge in [-0.3, -0.25) is 9.59 Å². The van der Waals surface area contributed by atoms with Crippen molar-refractivity contribution < 1.29 is 64.0 Å². The predicted molar refractivity (Wildman–Crippen MR) is 274 cm³/mol. The fourth-order valence-electron chi connectivity index (χ4n) is 7.78. The number of benzene rings is 6. The lowest BCUT2D eigenvalue weighted by Gasteiger charge is -2.22. The third-order valence-corrected chi connectivity index (χ3v) is 11.6. The summed E-state index contributed by atoms with van der Waals surface area (Å²) in [5.41, 5.74) is 27.6. The number of carbonyl (C=O) groups is 2. The highest BCUT2D eigenvalue weighted by molar-refractivity contribution is 5.76. The minimum Gasteiger partial charge on any atom is -0.480 e. The molecule has 0 fully saturated rings. The zero-order valence-electron chi connectivity index (χ0n) is 41.1. The van der Waals surface area contributed by atoms with E-state index in [1.165, 1.54) is 97.1 Å². The lowest BCUT2D eigenvalue weighted by atomic mass is 10.0. The van der Waals surface area contributed by atoms with Crippen molar-refractivity contribution in [1.29, 1.82) is 0 Å². The molecular formula is C56H48F8N8O6. The summed E-state index contributed by atoms with van der Waals surface area (Å²) in [5.74, 6) is -3.89. The Hall–Kier alpha value is -9.02. The molecule has 404 valence electrons. The van der Waals surface area contributed by atoms with E-state index in [1.807, 2.05) is 0 Å². The summed E-state index contributed by atoms with van der Waals surface area (Å²) in [6.07, 6.45) is -13.9. The Bertz CT molecular complexity index is 3330. The van der Waals surface area contributed by atoms with Crippen LogP contribution in [0.4, 0.5) is 47.0 Å². The zero-order chi connectivity index (χ0) is 56.3. The summed E-state index contributed by atoms with van der Waals surface area (Å²) < 4.78 is 127. The fourth-order valence-corrected chi connectivity index (χ4v) is 7.78. The van der Waals surface area contributed by atoms with Gasteiger partial charge in [-0.25, -0.2) is 18.7 Å². The van der Waals surface area contributed by atoms with Gasteiger partial charge >= 0.3 is 24.3 Å². The molecule has 78 heavy (non-hydrogen) atoms. The minimum atomic E-state index is -4.79. The van der Waals surface area contributed by atoms with Gasteiger partial charge in [0.2, 0.25) is 35.9 Å². The molecule has 0 aliphatic rings. The molecule has 22 heteroatoms. The van der Waals surface area contributed by atoms with Gasteiger partial charge in [-0.1, -0.05) is 121 Å². The summed E-state index contributed by atoms with van der Waals surface area (Å²) in [7, 11) is 0. The Balaban J connectivity index is 0.000000226. The molecule has 9 N–H and O–H groups in total. The number of rotatable bonds is 17. The summed E-state index contributed by atoms with van der Waals surface area (Å²) in [4.78, 5) is 38.6. The third-order valence-electron chi connectivity index (χ3n) is 11.6. The number of alkyl halides is 6. The van der Waals surface area contributed by atoms with E-state index >= 15 is 0 Å². The number of nitrogen functional groups attached to an aromatic ring is 2. The number of hydrogen-bond acceptors (Lipinski definition) is 13. The van der Waals surface area contributed by atoms with Crippen molar-refractivity contribution in [3.63, 3.8) is 0 Å². The molecule has 2 unspecified atom stereocenters. The van der Waals surface area contributed by atoms with Crippen molar-refractivity contribution in [3.8, 4) is 56.5 Å². The maximum absolute atomic E-state index is 14.1. The van der Waals surface area contributed by atoms with Crippen LogP contribution in [0, 0.1) is 11.6 Å². The Morgan fingerprint density at radius 3 is 1.23 bits per heavy atom. The van der Waals surface area contributed by atoms with Gasteiger partial charge in [-0.05, 0) is 77.4 Å². The van der Waals surface area contributed by atoms with Gasteiger partial charge in [0.25, 0.3) is 0 Å². The van der Waals surface area contributed by atoms with Gasteiger partial charge in [-0.15, -0.1) is 0 Å². The van der Waals surface area contributed by atoms with Crippen LogP contribution < -0.4 is 32.4 Å². The van der Waals surface area contributed by atoms with Crippen LogP contribution in [0.1, 0.15) is 41.4 Å². The molecule has 6 aromatic carbocycles. The molecule has 4 atom stereocenters. The number of carboxylic acids is 1. The van der Waals surface area contributed by atoms with E-state index in [0.29, 0.717) is 38.9 Å². The highest BCUT2D eigenvalue weighted by atomic mass is 19.4. The summed E-state index contributed by atoms with van der Waals surface area (Å²) in [6.45, 7) is 1.91. The standard InChI is InChI=1S/C29H26F4N4O3.C27H22F4N4O3/c1-2-39-27(38)23(34)14-17-6-8-19(9-7-17)24-16-25(37-28(35)36-24)40-26(29(31,32)33)20-12-10-18(11-13-20)21-4-3-5-22(30)15-21;28-20-3-1-2-19(13-20)16-8-10-18(11-9-16)24(27(29,30)31)38-23-14-22(34-26(33)35-23)17-6-4-15(5-7-17)12-21(32)25(36)37/h3-13,15-16,23,26H,2,14,34H2,1H3,(H2,35,36,37);1-11,13-14,21,24H,12,32H2,(H,36,37)(H2,33,34,35)/t23-,26?;21-,24?/m00/s1. The van der Waals surface area contributed by atoms with Crippen LogP contribution in [-0.4, -0.2) is 68.0 Å². The average molecular weight is 1080 g/mol. The SMILES string of the molecule is CCOC(=O)[C@@H](N)Cc1ccc(-c2cc(OC(c3ccc(-c4cccc(F)c4)cc3)C(F)(F)F)nc(N)n2)cc1.Nc1nc(OC(c2ccc(-c3cccc(F)c3)cc2)C(F)(F)F)cc(-c2ccc(C[C@H](N)C(=O)O)cc2)n1. The molecule has 0 spiro atoms. The minimum absolute atomic E-state index is 0.0984. The summed E-state index contributed by atoms with van der Waals surface area (Å²) >= 11 is 0. The molecule has 0 aliphatic heterocycles. The van der Waals surface area contributed by atoms with Crippen LogP contribution in [-0.2, 0) is 27.2 Å². The smallest absolute Gasteiger partial charge is 0.429 e. The van der Waals surface area contributed by atoms with Crippen molar-refractivity contribution >= 4 is 23.8 Å². The van der Waals surface area contributed by atoms with E-state index < -0.39 is 60.2 Å². The van der Waals surface area contributed by atoms with Crippen molar-refractivity contribution in [3.05, 3.63) is 192 Å². The monoisotopic (exact) mass is 1080 g/mol. The Kier molecular flexibility index (Phi) is 18.0. The molecule has 2 heterocycles. The van der Waals surface area contributed by atoms with Crippen molar-refractivity contribution in [1.82, 2.24) is 19.9 Å². The van der Waals surface area contributed by atoms with E-state index in [0.717, 1.165) is 5.56 Å². The number of anilines is 2. The first-order chi connectivity index (χ1) is 37.0. The quantitative estimate of drug-likeness (QED) is 0.0421. The van der Waals surface area contributed by atoms with Gasteiger partial charge in [0.1, 0.15) is 23.7 Å². The second-order valence-corrected chi connectivity index (χ2v) is 17.3. The molecule has 0 aliphatic carbocycles. The summed E-state index contributed by atoms with van der Waals surface area (Å²) in [6, 6.07) is 36.2. The Morgan fingerprint density at radius 1 is 0.513 bits per heavy atom. The number of ether oxygens (including phenoxy) is 3. The molecule has 8 aromatic rings. The normalized spacial score (nSPS) is 13.0. The maximum atomic E-state index is 14.1. The number of aliphatic carboxylic acids is 1. The van der Waals surface area contributed by atoms with Crippen molar-refractivity contribution in [2.24, 2.45) is 11.5 Å². The second-order valence-electron chi connectivity index (χ2n) is 17.3. The lowest BCUT2D eigenvalue weighted by Crippen LogP contribution is -2.34. The number of carbonyl (C=O) groups excluding carboxylic acids is 1. The molecule has 0 saturated heterocycles. The van der Waals surface area contributed by atoms with Gasteiger partial charge in [-0.2, -0.15) is 36.3 Å². The van der Waals surface area contributed by atoms with Crippen molar-refractivity contribution in [2.75, 3.05) is 18.1 Å². The van der Waals surface area contributed by atoms with Gasteiger partial charge in [0.05, 0.1) is 18.0 Å². The summed E-state index contributed by atoms with van der Waals surface area (Å²) in [5, 5.41) is 8.96. The number of hydrogen-bond donors (Lipinski definition) is 5. The molecule has 8 rings (SSSR count). The molecular weight excluding hydrogens is 1030 g/mol. The van der Waals surface area contributed by atoms with E-state index in [2.05, 4.69) is 19.9 Å². The first kappa shape index (κ1) is 56.7. The third kappa shape index (κ3) is 15.3. The largest absolute Gasteiger partial charge is 0.480 e. The second kappa shape index (κ2) is 24.8. The number of nitrogens with two attached hydrogens (primary N) is 4. The van der Waals surface area contributed by atoms with Gasteiger partial charge < -0.3 is 42.3 Å². The van der Waals surface area contributed by atoms with Crippen LogP contribution in [0.5, 0.6) is 11.8 Å². The predicted octanol–water partition coefficient (Wildman–Crippen LogP) is 10.8. The molecule has 0 saturated carbocycles. The Morgan fingerprint density at radius 2 is 0.885 bits per heavy atom. The van der Waals surface area contributed by atoms with E-state index in [9.17, 15) is 44.7 Å². The van der Waals surface area contributed by atoms with Crippen LogP contribution in [0.15, 0.2) is 158 Å². The maximum Gasteiger partial charge on any atom is 0.429 e. The molecule has 0 bridgehead atoms. The first-order valence-electron chi connectivity index (χ1n) is 23.6. The van der Waals surface area contributed by atoms with E-state index in [-0.39, 0.29) is 65.6 Å². The van der Waals surface area contributed by atoms with Crippen LogP contribution >= 0.6 is 0 Å². The lowest BCUT2D eigenvalue weighted by molar-refractivity contribution is -0.199. The Labute approximate surface area is 440 Å². The van der Waals surface area contributed by atoms with E-state index in [4.69, 9.17) is 42.3 Å². The highest BCUT2D eigenvalue weighted by Gasteiger charge is 2.44. The number of aromatic nitrogens is 4. The average Bonchev–Trinajstić information content (AvgIpc) is 3.42. The number of halogens is 8. The van der Waals surface area contributed by atoms with Crippen LogP contribution in [0.3, 0.4) is 0 Å². The molecule has 2 aromatic heterocycles. The first-order valence-corrected chi connectivity index (χ1v) is 23.6. The fraction of sp³-hybridized carbons (Fsp3) is 0.179. The zero-order valence-corrected chi connectivity index (χ0v) is 41.1.